The number of ether oxygens (including phenoxy) is 6. The molecule has 86 heavy (non-hydrogen) atoms. The third-order valence-electron chi connectivity index (χ3n) is 17.2. The van der Waals surface area contributed by atoms with Crippen LogP contribution in [0.4, 0.5) is 0 Å². The van der Waals surface area contributed by atoms with Gasteiger partial charge < -0.3 is 38.2 Å². The van der Waals surface area contributed by atoms with Crippen LogP contribution in [0.25, 0.3) is 0 Å². The molecule has 4 unspecified atom stereocenters. The summed E-state index contributed by atoms with van der Waals surface area (Å²) < 4.78 is 34.7. The van der Waals surface area contributed by atoms with Crippen molar-refractivity contribution in [2.24, 2.45) is 11.8 Å². The van der Waals surface area contributed by atoms with Crippen molar-refractivity contribution < 1.29 is 57.2 Å². The van der Waals surface area contributed by atoms with Crippen molar-refractivity contribution in [1.82, 2.24) is 9.80 Å². The standard InChI is InChI=1S/C72H134N2O12/c1-7-9-11-13-15-19-25-45-65(85-71(79)53-39-57-73(3)4)47-27-21-17-23-29-49-69(77)83-61-55-63-41-31-33-51-67(75)82-60-38-36-44-64(42-32-34-52-68(76)81-59-37-35-43-63)56-62-84-70(78)50-30-24-18-22-28-48-66(46-26-20-16-14-12-10-8-2)86-72(80)54-40-58-74(5)6/h63-66H,7-62H2,1-6H3. The highest BCUT2D eigenvalue weighted by Crippen LogP contribution is 2.25. The second-order valence-corrected chi connectivity index (χ2v) is 26.1. The second kappa shape index (κ2) is 59.4. The van der Waals surface area contributed by atoms with Crippen molar-refractivity contribution in [1.29, 1.82) is 0 Å². The van der Waals surface area contributed by atoms with Crippen LogP contribution in [0.1, 0.15) is 335 Å². The summed E-state index contributed by atoms with van der Waals surface area (Å²) in [6.45, 7) is 7.85. The van der Waals surface area contributed by atoms with Crippen molar-refractivity contribution in [2.45, 2.75) is 347 Å². The first-order chi connectivity index (χ1) is 41.8. The molecule has 1 rings (SSSR count). The smallest absolute Gasteiger partial charge is 0.306 e. The summed E-state index contributed by atoms with van der Waals surface area (Å²) in [5, 5.41) is 0. The lowest BCUT2D eigenvalue weighted by Crippen LogP contribution is -2.20. The molecule has 14 heteroatoms. The summed E-state index contributed by atoms with van der Waals surface area (Å²) in [7, 11) is 8.10. The molecule has 0 spiro atoms. The zero-order chi connectivity index (χ0) is 62.8. The monoisotopic (exact) mass is 1220 g/mol. The molecule has 1 fully saturated rings. The minimum Gasteiger partial charge on any atom is -0.466 e. The van der Waals surface area contributed by atoms with Crippen LogP contribution in [0.2, 0.25) is 0 Å². The van der Waals surface area contributed by atoms with Crippen LogP contribution in [0, 0.1) is 11.8 Å². The highest BCUT2D eigenvalue weighted by Gasteiger charge is 2.19. The van der Waals surface area contributed by atoms with E-state index in [2.05, 4.69) is 23.6 Å². The minimum absolute atomic E-state index is 0.00184. The fourth-order valence-corrected chi connectivity index (χ4v) is 11.8. The van der Waals surface area contributed by atoms with Gasteiger partial charge in [0.1, 0.15) is 12.2 Å². The van der Waals surface area contributed by atoms with E-state index in [0.29, 0.717) is 76.8 Å². The molecule has 504 valence electrons. The van der Waals surface area contributed by atoms with Gasteiger partial charge in [0.15, 0.2) is 0 Å². The van der Waals surface area contributed by atoms with Crippen molar-refractivity contribution >= 4 is 35.8 Å². The van der Waals surface area contributed by atoms with Crippen LogP contribution < -0.4 is 0 Å². The van der Waals surface area contributed by atoms with Gasteiger partial charge in [-0.2, -0.15) is 0 Å². The highest BCUT2D eigenvalue weighted by atomic mass is 16.6. The van der Waals surface area contributed by atoms with Gasteiger partial charge in [0.25, 0.3) is 0 Å². The van der Waals surface area contributed by atoms with Gasteiger partial charge in [-0.05, 0) is 182 Å². The average molecular weight is 1220 g/mol. The van der Waals surface area contributed by atoms with Crippen LogP contribution in [0.3, 0.4) is 0 Å². The number of carbonyl (C=O) groups is 6. The maximum absolute atomic E-state index is 12.8. The second-order valence-electron chi connectivity index (χ2n) is 26.1. The zero-order valence-corrected chi connectivity index (χ0v) is 56.7. The van der Waals surface area contributed by atoms with Gasteiger partial charge in [0.2, 0.25) is 0 Å². The molecule has 0 aromatic rings. The normalized spacial score (nSPS) is 17.2. The average Bonchev–Trinajstić information content (AvgIpc) is 3.53. The third-order valence-corrected chi connectivity index (χ3v) is 17.2. The molecular formula is C72H134N2O12. The highest BCUT2D eigenvalue weighted by molar-refractivity contribution is 5.71. The van der Waals surface area contributed by atoms with E-state index in [1.807, 2.05) is 28.2 Å². The van der Waals surface area contributed by atoms with Crippen molar-refractivity contribution in [3.05, 3.63) is 0 Å². The molecule has 0 aliphatic carbocycles. The Labute approximate surface area is 527 Å². The number of esters is 6. The summed E-state index contributed by atoms with van der Waals surface area (Å²) in [6, 6.07) is 0. The zero-order valence-electron chi connectivity index (χ0n) is 56.7. The molecule has 4 atom stereocenters. The number of hydrogen-bond acceptors (Lipinski definition) is 14. The predicted octanol–water partition coefficient (Wildman–Crippen LogP) is 17.9. The Morgan fingerprint density at radius 2 is 0.698 bits per heavy atom. The molecule has 0 saturated carbocycles. The van der Waals surface area contributed by atoms with Crippen LogP contribution in [0.5, 0.6) is 0 Å². The number of rotatable bonds is 48. The Bertz CT molecular complexity index is 1510. The molecule has 0 amide bonds. The lowest BCUT2D eigenvalue weighted by molar-refractivity contribution is -0.151. The summed E-state index contributed by atoms with van der Waals surface area (Å²) in [5.74, 6) is -0.00353. The molecule has 0 N–H and O–H groups in total. The number of carbonyl (C=O) groups excluding carboxylic acids is 6. The Kier molecular flexibility index (Phi) is 55.7. The first-order valence-electron chi connectivity index (χ1n) is 36.1. The van der Waals surface area contributed by atoms with Gasteiger partial charge >= 0.3 is 35.8 Å². The fraction of sp³-hybridized carbons (Fsp3) is 0.917. The molecule has 1 aliphatic heterocycles. The Morgan fingerprint density at radius 1 is 0.395 bits per heavy atom. The number of nitrogens with zero attached hydrogens (tertiary/aromatic N) is 2. The SMILES string of the molecule is CCCCCCCCCC(CCCCCCCC(=O)OCCC1CCCCOC(=O)CCCCC(CCOC(=O)CCCCCCCC(CCCCCCCCC)OC(=O)CCCN(C)C)CCCCOC(=O)CCCC1)OC(=O)CCCN(C)C. The number of hydrogen-bond donors (Lipinski definition) is 0. The van der Waals surface area contributed by atoms with E-state index in [4.69, 9.17) is 28.4 Å². The van der Waals surface area contributed by atoms with Gasteiger partial charge in [-0.25, -0.2) is 0 Å². The molecular weight excluding hydrogens is 1080 g/mol. The number of cyclic esters (lactones) is 2. The van der Waals surface area contributed by atoms with Crippen molar-refractivity contribution in [2.75, 3.05) is 67.7 Å². The van der Waals surface area contributed by atoms with Gasteiger partial charge in [-0.1, -0.05) is 168 Å². The third kappa shape index (κ3) is 54.9. The van der Waals surface area contributed by atoms with E-state index in [0.717, 1.165) is 219 Å². The van der Waals surface area contributed by atoms with Crippen molar-refractivity contribution in [3.8, 4) is 0 Å². The van der Waals surface area contributed by atoms with E-state index in [9.17, 15) is 28.8 Å². The Balaban J connectivity index is 2.42. The number of unbranched alkanes of at least 4 members (excludes halogenated alkanes) is 20. The molecule has 0 aromatic heterocycles. The molecule has 0 radical (unpaired) electrons. The molecule has 1 heterocycles. The lowest BCUT2D eigenvalue weighted by Gasteiger charge is -2.18. The van der Waals surface area contributed by atoms with E-state index >= 15 is 0 Å². The van der Waals surface area contributed by atoms with Gasteiger partial charge in [-0.15, -0.1) is 0 Å². The predicted molar refractivity (Wildman–Crippen MR) is 350 cm³/mol. The molecule has 14 nitrogen and oxygen atoms in total. The quantitative estimate of drug-likeness (QED) is 0.0321. The van der Waals surface area contributed by atoms with E-state index in [1.165, 1.54) is 77.0 Å². The van der Waals surface area contributed by atoms with E-state index in [1.54, 1.807) is 0 Å². The largest absolute Gasteiger partial charge is 0.466 e. The van der Waals surface area contributed by atoms with E-state index in [-0.39, 0.29) is 48.0 Å². The summed E-state index contributed by atoms with van der Waals surface area (Å²) >= 11 is 0. The maximum Gasteiger partial charge on any atom is 0.306 e. The fourth-order valence-electron chi connectivity index (χ4n) is 11.8. The Hall–Kier alpha value is -3.26. The van der Waals surface area contributed by atoms with Crippen LogP contribution in [-0.4, -0.2) is 126 Å². The summed E-state index contributed by atoms with van der Waals surface area (Å²) in [4.78, 5) is 80.4. The first kappa shape index (κ1) is 80.8. The summed E-state index contributed by atoms with van der Waals surface area (Å²) in [5.41, 5.74) is 0. The molecule has 1 aliphatic rings. The van der Waals surface area contributed by atoms with Crippen LogP contribution in [-0.2, 0) is 57.2 Å². The van der Waals surface area contributed by atoms with Crippen LogP contribution in [0.15, 0.2) is 0 Å². The van der Waals surface area contributed by atoms with Gasteiger partial charge in [-0.3, -0.25) is 28.8 Å². The lowest BCUT2D eigenvalue weighted by atomic mass is 9.92. The van der Waals surface area contributed by atoms with Gasteiger partial charge in [0.05, 0.1) is 26.4 Å². The van der Waals surface area contributed by atoms with Gasteiger partial charge in [0, 0.05) is 38.5 Å². The summed E-state index contributed by atoms with van der Waals surface area (Å²) in [6.07, 6.45) is 47.3. The van der Waals surface area contributed by atoms with Crippen molar-refractivity contribution in [3.63, 3.8) is 0 Å². The maximum atomic E-state index is 12.8. The minimum atomic E-state index is -0.148. The molecule has 0 bridgehead atoms. The molecule has 1 saturated heterocycles. The van der Waals surface area contributed by atoms with Crippen LogP contribution >= 0.6 is 0 Å². The van der Waals surface area contributed by atoms with E-state index < -0.39 is 0 Å². The first-order valence-corrected chi connectivity index (χ1v) is 36.1. The Morgan fingerprint density at radius 3 is 1.03 bits per heavy atom. The topological polar surface area (TPSA) is 164 Å². The molecule has 0 aromatic carbocycles.